The summed E-state index contributed by atoms with van der Waals surface area (Å²) in [5.74, 6) is -1.70. The van der Waals surface area contributed by atoms with Gasteiger partial charge in [-0.2, -0.15) is 0 Å². The number of furan rings is 1. The fraction of sp³-hybridized carbons (Fsp3) is 0.684. The zero-order valence-corrected chi connectivity index (χ0v) is 16.8. The van der Waals surface area contributed by atoms with Gasteiger partial charge in [0.2, 0.25) is 5.91 Å². The summed E-state index contributed by atoms with van der Waals surface area (Å²) < 4.78 is 29.4. The first-order valence-corrected chi connectivity index (χ1v) is 11.4. The van der Waals surface area contributed by atoms with Crippen LogP contribution in [0.5, 0.6) is 0 Å². The largest absolute Gasteiger partial charge is 0.459 e. The van der Waals surface area contributed by atoms with Gasteiger partial charge in [-0.05, 0) is 30.4 Å². The number of amides is 2. The van der Waals surface area contributed by atoms with Crippen LogP contribution in [-0.4, -0.2) is 55.8 Å². The van der Waals surface area contributed by atoms with Gasteiger partial charge in [-0.3, -0.25) is 9.59 Å². The number of hydrogen-bond donors (Lipinski definition) is 1. The number of sulfone groups is 1. The van der Waals surface area contributed by atoms with Crippen molar-refractivity contribution in [3.8, 4) is 0 Å². The summed E-state index contributed by atoms with van der Waals surface area (Å²) >= 11 is 0. The van der Waals surface area contributed by atoms with Crippen molar-refractivity contribution in [2.75, 3.05) is 24.6 Å². The number of nitrogens with zero attached hydrogens (tertiary/aromatic N) is 1. The molecule has 1 aromatic rings. The molecule has 150 valence electrons. The van der Waals surface area contributed by atoms with Gasteiger partial charge < -0.3 is 14.6 Å². The van der Waals surface area contributed by atoms with Crippen molar-refractivity contribution in [1.82, 2.24) is 10.2 Å². The molecule has 3 heterocycles. The van der Waals surface area contributed by atoms with Crippen LogP contribution in [0.25, 0.3) is 0 Å². The second-order valence-electron chi connectivity index (χ2n) is 7.77. The fourth-order valence-electron chi connectivity index (χ4n) is 4.27. The van der Waals surface area contributed by atoms with E-state index in [0.717, 1.165) is 25.7 Å². The number of likely N-dealkylation sites (tertiary alicyclic amines) is 1. The Kier molecular flexibility index (Phi) is 5.65. The molecule has 7 nitrogen and oxygen atoms in total. The van der Waals surface area contributed by atoms with E-state index < -0.39 is 27.7 Å². The average Bonchev–Trinajstić information content (AvgIpc) is 3.29. The molecule has 0 saturated carbocycles. The first kappa shape index (κ1) is 19.9. The lowest BCUT2D eigenvalue weighted by Gasteiger charge is -2.42. The summed E-state index contributed by atoms with van der Waals surface area (Å²) in [5, 5.41) is 2.69. The maximum atomic E-state index is 13.0. The molecule has 0 bridgehead atoms. The van der Waals surface area contributed by atoms with Crippen LogP contribution in [0.15, 0.2) is 22.8 Å². The topological polar surface area (TPSA) is 96.7 Å². The van der Waals surface area contributed by atoms with Crippen LogP contribution in [0.2, 0.25) is 0 Å². The maximum Gasteiger partial charge on any atom is 0.287 e. The Morgan fingerprint density at radius 3 is 2.44 bits per heavy atom. The average molecular weight is 397 g/mol. The Morgan fingerprint density at radius 1 is 1.22 bits per heavy atom. The highest BCUT2D eigenvalue weighted by Gasteiger charge is 2.45. The van der Waals surface area contributed by atoms with Gasteiger partial charge in [-0.25, -0.2) is 8.42 Å². The standard InChI is InChI=1S/C19H28N2O5S/c1-3-19(4-2)7-9-21(10-8-19)18(23)14-12-27(24,25)13-15(14)20-17(22)16-6-5-11-26-16/h5-6,11,14-15H,3-4,7-10,12-13H2,1-2H3,(H,20,22)/t14-,15-/m1/s1. The molecular weight excluding hydrogens is 368 g/mol. The van der Waals surface area contributed by atoms with Crippen molar-refractivity contribution in [2.45, 2.75) is 45.6 Å². The number of carbonyl (C=O) groups excluding carboxylic acids is 2. The number of hydrogen-bond acceptors (Lipinski definition) is 5. The zero-order chi connectivity index (χ0) is 19.7. The molecule has 8 heteroatoms. The van der Waals surface area contributed by atoms with Gasteiger partial charge in [0.25, 0.3) is 5.91 Å². The van der Waals surface area contributed by atoms with E-state index in [1.807, 2.05) is 0 Å². The van der Waals surface area contributed by atoms with Crippen LogP contribution in [0.4, 0.5) is 0 Å². The SMILES string of the molecule is CCC1(CC)CCN(C(=O)[C@@H]2CS(=O)(=O)C[C@H]2NC(=O)c2ccco2)CC1. The van der Waals surface area contributed by atoms with E-state index in [-0.39, 0.29) is 28.6 Å². The molecular formula is C19H28N2O5S. The highest BCUT2D eigenvalue weighted by Crippen LogP contribution is 2.38. The molecule has 0 radical (unpaired) electrons. The summed E-state index contributed by atoms with van der Waals surface area (Å²) in [6.07, 6.45) is 5.43. The number of rotatable bonds is 5. The minimum absolute atomic E-state index is 0.110. The third-order valence-corrected chi connectivity index (χ3v) is 8.10. The van der Waals surface area contributed by atoms with E-state index in [2.05, 4.69) is 19.2 Å². The van der Waals surface area contributed by atoms with E-state index in [9.17, 15) is 18.0 Å². The fourth-order valence-corrected chi connectivity index (χ4v) is 6.19. The molecule has 2 saturated heterocycles. The van der Waals surface area contributed by atoms with E-state index in [0.29, 0.717) is 13.1 Å². The third kappa shape index (κ3) is 4.20. The van der Waals surface area contributed by atoms with Gasteiger partial charge in [-0.15, -0.1) is 0 Å². The molecule has 1 N–H and O–H groups in total. The van der Waals surface area contributed by atoms with E-state index in [4.69, 9.17) is 4.42 Å². The smallest absolute Gasteiger partial charge is 0.287 e. The molecule has 2 amide bonds. The molecule has 0 unspecified atom stereocenters. The second-order valence-corrected chi connectivity index (χ2v) is 9.93. The van der Waals surface area contributed by atoms with Crippen molar-refractivity contribution in [2.24, 2.45) is 11.3 Å². The maximum absolute atomic E-state index is 13.0. The summed E-state index contributed by atoms with van der Waals surface area (Å²) in [5.41, 5.74) is 0.283. The summed E-state index contributed by atoms with van der Waals surface area (Å²) in [7, 11) is -3.37. The summed E-state index contributed by atoms with van der Waals surface area (Å²) in [4.78, 5) is 27.1. The predicted octanol–water partition coefficient (Wildman–Crippen LogP) is 1.85. The zero-order valence-electron chi connectivity index (χ0n) is 15.9. The predicted molar refractivity (Wildman–Crippen MR) is 101 cm³/mol. The lowest BCUT2D eigenvalue weighted by Crippen LogP contribution is -2.50. The molecule has 2 fully saturated rings. The second kappa shape index (κ2) is 7.66. The highest BCUT2D eigenvalue weighted by molar-refractivity contribution is 7.91. The molecule has 0 spiro atoms. The Labute approximate surface area is 160 Å². The van der Waals surface area contributed by atoms with Crippen LogP contribution >= 0.6 is 0 Å². The molecule has 1 aromatic heterocycles. The Bertz CT molecular complexity index is 773. The van der Waals surface area contributed by atoms with Crippen LogP contribution in [0, 0.1) is 11.3 Å². The highest BCUT2D eigenvalue weighted by atomic mass is 32.2. The number of piperidine rings is 1. The molecule has 0 aromatic carbocycles. The van der Waals surface area contributed by atoms with Gasteiger partial charge >= 0.3 is 0 Å². The van der Waals surface area contributed by atoms with Crippen molar-refractivity contribution in [3.63, 3.8) is 0 Å². The van der Waals surface area contributed by atoms with Crippen LogP contribution in [0.3, 0.4) is 0 Å². The van der Waals surface area contributed by atoms with Crippen molar-refractivity contribution >= 4 is 21.7 Å². The van der Waals surface area contributed by atoms with E-state index in [1.54, 1.807) is 11.0 Å². The van der Waals surface area contributed by atoms with E-state index >= 15 is 0 Å². The molecule has 2 atom stereocenters. The first-order chi connectivity index (χ1) is 12.8. The van der Waals surface area contributed by atoms with Crippen molar-refractivity contribution in [3.05, 3.63) is 24.2 Å². The molecule has 0 aliphatic carbocycles. The first-order valence-electron chi connectivity index (χ1n) is 9.63. The van der Waals surface area contributed by atoms with Crippen molar-refractivity contribution < 1.29 is 22.4 Å². The van der Waals surface area contributed by atoms with E-state index in [1.165, 1.54) is 12.3 Å². The Morgan fingerprint density at radius 2 is 1.89 bits per heavy atom. The molecule has 2 aliphatic heterocycles. The molecule has 27 heavy (non-hydrogen) atoms. The Balaban J connectivity index is 1.69. The van der Waals surface area contributed by atoms with Gasteiger partial charge in [0, 0.05) is 13.1 Å². The van der Waals surface area contributed by atoms with Gasteiger partial charge in [-0.1, -0.05) is 26.7 Å². The van der Waals surface area contributed by atoms with Gasteiger partial charge in [0.15, 0.2) is 15.6 Å². The third-order valence-electron chi connectivity index (χ3n) is 6.37. The van der Waals surface area contributed by atoms with Crippen molar-refractivity contribution in [1.29, 1.82) is 0 Å². The van der Waals surface area contributed by atoms with Crippen LogP contribution in [0.1, 0.15) is 50.1 Å². The Hall–Kier alpha value is -1.83. The number of nitrogens with one attached hydrogen (secondary N) is 1. The lowest BCUT2D eigenvalue weighted by atomic mass is 9.74. The van der Waals surface area contributed by atoms with Crippen LogP contribution in [-0.2, 0) is 14.6 Å². The quantitative estimate of drug-likeness (QED) is 0.819. The normalized spacial score (nSPS) is 26.7. The summed E-state index contributed by atoms with van der Waals surface area (Å²) in [6.45, 7) is 5.67. The molecule has 2 aliphatic rings. The minimum Gasteiger partial charge on any atom is -0.459 e. The summed E-state index contributed by atoms with van der Waals surface area (Å²) in [6, 6.07) is 2.38. The van der Waals surface area contributed by atoms with Gasteiger partial charge in [0.1, 0.15) is 0 Å². The van der Waals surface area contributed by atoms with Gasteiger partial charge in [0.05, 0.1) is 29.7 Å². The lowest BCUT2D eigenvalue weighted by molar-refractivity contribution is -0.137. The molecule has 3 rings (SSSR count). The minimum atomic E-state index is -3.37. The number of carbonyl (C=O) groups is 2. The van der Waals surface area contributed by atoms with Crippen LogP contribution < -0.4 is 5.32 Å². The monoisotopic (exact) mass is 396 g/mol.